The summed E-state index contributed by atoms with van der Waals surface area (Å²) in [6.07, 6.45) is 3.55. The summed E-state index contributed by atoms with van der Waals surface area (Å²) < 4.78 is 0. The molecule has 1 aliphatic heterocycles. The van der Waals surface area contributed by atoms with Gasteiger partial charge in [-0.05, 0) is 31.7 Å². The van der Waals surface area contributed by atoms with E-state index in [1.165, 1.54) is 29.8 Å². The van der Waals surface area contributed by atoms with Gasteiger partial charge in [0.05, 0.1) is 0 Å². The quantitative estimate of drug-likeness (QED) is 0.752. The van der Waals surface area contributed by atoms with Gasteiger partial charge < -0.3 is 10.2 Å². The second kappa shape index (κ2) is 4.01. The third kappa shape index (κ3) is 1.67. The van der Waals surface area contributed by atoms with Crippen LogP contribution in [0.2, 0.25) is 0 Å². The Labute approximate surface area is 96.1 Å². The lowest BCUT2D eigenvalue weighted by molar-refractivity contribution is 0.578. The standard InChI is InChI=1S/C12H18N4/c1-9-10-3-2-4-11(10)15-12(14-9)16-7-5-13-6-8-16/h13H,2-8H2,1H3. The van der Waals surface area contributed by atoms with Crippen molar-refractivity contribution in [2.75, 3.05) is 31.1 Å². The molecule has 1 fully saturated rings. The number of aryl methyl sites for hydroxylation is 2. The smallest absolute Gasteiger partial charge is 0.225 e. The van der Waals surface area contributed by atoms with Gasteiger partial charge in [0.2, 0.25) is 5.95 Å². The van der Waals surface area contributed by atoms with Crippen molar-refractivity contribution in [3.63, 3.8) is 0 Å². The van der Waals surface area contributed by atoms with E-state index in [1.807, 2.05) is 0 Å². The molecule has 0 spiro atoms. The van der Waals surface area contributed by atoms with Crippen LogP contribution < -0.4 is 10.2 Å². The maximum atomic E-state index is 4.72. The van der Waals surface area contributed by atoms with Gasteiger partial charge in [-0.25, -0.2) is 9.97 Å². The van der Waals surface area contributed by atoms with Gasteiger partial charge in [0.25, 0.3) is 0 Å². The van der Waals surface area contributed by atoms with Gasteiger partial charge in [-0.2, -0.15) is 0 Å². The SMILES string of the molecule is Cc1nc(N2CCNCC2)nc2c1CCC2. The summed E-state index contributed by atoms with van der Waals surface area (Å²) in [6.45, 7) is 6.26. The van der Waals surface area contributed by atoms with E-state index in [-0.39, 0.29) is 0 Å². The first-order valence-electron chi connectivity index (χ1n) is 6.16. The maximum absolute atomic E-state index is 4.72. The molecule has 0 amide bonds. The fourth-order valence-corrected chi connectivity index (χ4v) is 2.61. The molecule has 1 aliphatic carbocycles. The summed E-state index contributed by atoms with van der Waals surface area (Å²) in [5.74, 6) is 0.944. The van der Waals surface area contributed by atoms with E-state index in [1.54, 1.807) is 0 Å². The second-order valence-electron chi connectivity index (χ2n) is 4.62. The van der Waals surface area contributed by atoms with Crippen LogP contribution in [0.4, 0.5) is 5.95 Å². The maximum Gasteiger partial charge on any atom is 0.225 e. The molecular weight excluding hydrogens is 200 g/mol. The van der Waals surface area contributed by atoms with Crippen LogP contribution in [0.1, 0.15) is 23.4 Å². The lowest BCUT2D eigenvalue weighted by atomic mass is 10.2. The fourth-order valence-electron chi connectivity index (χ4n) is 2.61. The Bertz CT molecular complexity index is 396. The number of nitrogens with one attached hydrogen (secondary N) is 1. The van der Waals surface area contributed by atoms with Crippen LogP contribution in [-0.2, 0) is 12.8 Å². The van der Waals surface area contributed by atoms with Crippen molar-refractivity contribution in [2.24, 2.45) is 0 Å². The van der Waals surface area contributed by atoms with Crippen LogP contribution in [-0.4, -0.2) is 36.1 Å². The molecule has 86 valence electrons. The van der Waals surface area contributed by atoms with Gasteiger partial charge in [0, 0.05) is 37.6 Å². The Morgan fingerprint density at radius 2 is 1.94 bits per heavy atom. The van der Waals surface area contributed by atoms with Gasteiger partial charge in [-0.1, -0.05) is 0 Å². The summed E-state index contributed by atoms with van der Waals surface area (Å²) in [5, 5.41) is 3.35. The lowest BCUT2D eigenvalue weighted by Crippen LogP contribution is -2.44. The second-order valence-corrected chi connectivity index (χ2v) is 4.62. The molecule has 4 heteroatoms. The number of piperazine rings is 1. The van der Waals surface area contributed by atoms with Crippen LogP contribution in [0.3, 0.4) is 0 Å². The fraction of sp³-hybridized carbons (Fsp3) is 0.667. The van der Waals surface area contributed by atoms with Crippen molar-refractivity contribution in [1.82, 2.24) is 15.3 Å². The minimum atomic E-state index is 0.944. The molecule has 0 saturated carbocycles. The van der Waals surface area contributed by atoms with E-state index in [0.717, 1.165) is 38.5 Å². The molecule has 1 N–H and O–H groups in total. The van der Waals surface area contributed by atoms with Crippen molar-refractivity contribution in [3.8, 4) is 0 Å². The highest BCUT2D eigenvalue weighted by atomic mass is 15.3. The molecule has 0 atom stereocenters. The number of fused-ring (bicyclic) bond motifs is 1. The predicted molar refractivity (Wildman–Crippen MR) is 63.9 cm³/mol. The Morgan fingerprint density at radius 3 is 2.75 bits per heavy atom. The van der Waals surface area contributed by atoms with Crippen molar-refractivity contribution in [2.45, 2.75) is 26.2 Å². The monoisotopic (exact) mass is 218 g/mol. The summed E-state index contributed by atoms with van der Waals surface area (Å²) in [7, 11) is 0. The Kier molecular flexibility index (Phi) is 2.52. The molecule has 0 bridgehead atoms. The zero-order chi connectivity index (χ0) is 11.0. The number of aromatic nitrogens is 2. The van der Waals surface area contributed by atoms with Gasteiger partial charge in [0.15, 0.2) is 0 Å². The molecule has 16 heavy (non-hydrogen) atoms. The van der Waals surface area contributed by atoms with Crippen molar-refractivity contribution in [1.29, 1.82) is 0 Å². The lowest BCUT2D eigenvalue weighted by Gasteiger charge is -2.28. The van der Waals surface area contributed by atoms with Crippen LogP contribution >= 0.6 is 0 Å². The average Bonchev–Trinajstić information content (AvgIpc) is 2.79. The van der Waals surface area contributed by atoms with E-state index in [2.05, 4.69) is 22.1 Å². The van der Waals surface area contributed by atoms with Gasteiger partial charge in [-0.3, -0.25) is 0 Å². The van der Waals surface area contributed by atoms with Gasteiger partial charge in [0.1, 0.15) is 0 Å². The first-order chi connectivity index (χ1) is 7.84. The molecule has 1 aromatic rings. The average molecular weight is 218 g/mol. The number of rotatable bonds is 1. The highest BCUT2D eigenvalue weighted by Crippen LogP contribution is 2.24. The molecule has 1 saturated heterocycles. The summed E-state index contributed by atoms with van der Waals surface area (Å²) in [4.78, 5) is 11.7. The number of anilines is 1. The van der Waals surface area contributed by atoms with E-state index in [9.17, 15) is 0 Å². The zero-order valence-electron chi connectivity index (χ0n) is 9.79. The normalized spacial score (nSPS) is 19.9. The topological polar surface area (TPSA) is 41.1 Å². The molecule has 3 rings (SSSR count). The largest absolute Gasteiger partial charge is 0.338 e. The summed E-state index contributed by atoms with van der Waals surface area (Å²) in [5.41, 5.74) is 3.89. The minimum absolute atomic E-state index is 0.944. The first kappa shape index (κ1) is 10.0. The van der Waals surface area contributed by atoms with Gasteiger partial charge in [-0.15, -0.1) is 0 Å². The minimum Gasteiger partial charge on any atom is -0.338 e. The Morgan fingerprint density at radius 1 is 1.12 bits per heavy atom. The van der Waals surface area contributed by atoms with Crippen LogP contribution in [0.25, 0.3) is 0 Å². The van der Waals surface area contributed by atoms with Gasteiger partial charge >= 0.3 is 0 Å². The molecule has 2 aliphatic rings. The van der Waals surface area contributed by atoms with Crippen LogP contribution in [0, 0.1) is 6.92 Å². The molecule has 0 radical (unpaired) electrons. The first-order valence-corrected chi connectivity index (χ1v) is 6.16. The zero-order valence-corrected chi connectivity index (χ0v) is 9.79. The third-order valence-electron chi connectivity index (χ3n) is 3.53. The molecule has 0 aromatic carbocycles. The Balaban J connectivity index is 1.92. The number of hydrogen-bond acceptors (Lipinski definition) is 4. The third-order valence-corrected chi connectivity index (χ3v) is 3.53. The predicted octanol–water partition coefficient (Wildman–Crippen LogP) is 0.683. The Hall–Kier alpha value is -1.16. The van der Waals surface area contributed by atoms with E-state index in [4.69, 9.17) is 4.98 Å². The summed E-state index contributed by atoms with van der Waals surface area (Å²) in [6, 6.07) is 0. The summed E-state index contributed by atoms with van der Waals surface area (Å²) >= 11 is 0. The van der Waals surface area contributed by atoms with Crippen molar-refractivity contribution >= 4 is 5.95 Å². The number of nitrogens with zero attached hydrogens (tertiary/aromatic N) is 3. The van der Waals surface area contributed by atoms with E-state index in [0.29, 0.717) is 0 Å². The van der Waals surface area contributed by atoms with Crippen molar-refractivity contribution in [3.05, 3.63) is 17.0 Å². The van der Waals surface area contributed by atoms with E-state index < -0.39 is 0 Å². The molecule has 0 unspecified atom stereocenters. The van der Waals surface area contributed by atoms with Crippen LogP contribution in [0.15, 0.2) is 0 Å². The highest BCUT2D eigenvalue weighted by molar-refractivity contribution is 5.39. The van der Waals surface area contributed by atoms with Crippen molar-refractivity contribution < 1.29 is 0 Å². The highest BCUT2D eigenvalue weighted by Gasteiger charge is 2.20. The molecule has 4 nitrogen and oxygen atoms in total. The van der Waals surface area contributed by atoms with E-state index >= 15 is 0 Å². The molecular formula is C12H18N4. The molecule has 1 aromatic heterocycles. The number of hydrogen-bond donors (Lipinski definition) is 1. The molecule has 2 heterocycles. The van der Waals surface area contributed by atoms with Crippen LogP contribution in [0.5, 0.6) is 0 Å².